The maximum atomic E-state index is 12.3. The molecule has 0 saturated heterocycles. The van der Waals surface area contributed by atoms with E-state index in [4.69, 9.17) is 16.3 Å². The van der Waals surface area contributed by atoms with Gasteiger partial charge in [0.05, 0.1) is 0 Å². The van der Waals surface area contributed by atoms with E-state index in [1.807, 2.05) is 37.3 Å². The number of likely N-dealkylation sites (N-methyl/N-ethyl adjacent to an activating group) is 1. The average molecular weight is 417 g/mol. The number of carbonyl (C=O) groups is 3. The van der Waals surface area contributed by atoms with Crippen molar-refractivity contribution in [3.63, 3.8) is 0 Å². The van der Waals surface area contributed by atoms with Crippen molar-refractivity contribution in [3.05, 3.63) is 70.7 Å². The van der Waals surface area contributed by atoms with Crippen LogP contribution in [-0.2, 0) is 20.9 Å². The Morgan fingerprint density at radius 3 is 2.38 bits per heavy atom. The van der Waals surface area contributed by atoms with E-state index < -0.39 is 5.97 Å². The topological polar surface area (TPSA) is 75.7 Å². The quantitative estimate of drug-likeness (QED) is 0.475. The van der Waals surface area contributed by atoms with Gasteiger partial charge in [0.25, 0.3) is 11.8 Å². The molecule has 7 heteroatoms. The molecule has 0 radical (unpaired) electrons. The third-order valence-electron chi connectivity index (χ3n) is 4.26. The van der Waals surface area contributed by atoms with Gasteiger partial charge in [0, 0.05) is 36.6 Å². The summed E-state index contributed by atoms with van der Waals surface area (Å²) in [5.74, 6) is -0.930. The number of amides is 2. The van der Waals surface area contributed by atoms with Crippen LogP contribution in [-0.4, -0.2) is 42.4 Å². The average Bonchev–Trinajstić information content (AvgIpc) is 2.74. The minimum atomic E-state index is -0.463. The Morgan fingerprint density at radius 1 is 1.03 bits per heavy atom. The van der Waals surface area contributed by atoms with Crippen LogP contribution in [0.5, 0.6) is 0 Å². The van der Waals surface area contributed by atoms with Gasteiger partial charge < -0.3 is 15.0 Å². The third-order valence-corrected chi connectivity index (χ3v) is 4.51. The number of ether oxygens (including phenoxy) is 1. The third kappa shape index (κ3) is 7.95. The van der Waals surface area contributed by atoms with Gasteiger partial charge in [0.1, 0.15) is 0 Å². The summed E-state index contributed by atoms with van der Waals surface area (Å²) in [6.45, 7) is 2.94. The molecule has 0 atom stereocenters. The predicted molar refractivity (Wildman–Crippen MR) is 112 cm³/mol. The Labute approximate surface area is 175 Å². The highest BCUT2D eigenvalue weighted by atomic mass is 35.5. The van der Waals surface area contributed by atoms with Gasteiger partial charge in [-0.1, -0.05) is 41.9 Å². The van der Waals surface area contributed by atoms with Crippen molar-refractivity contribution in [3.8, 4) is 0 Å². The number of benzene rings is 2. The number of halogens is 1. The summed E-state index contributed by atoms with van der Waals surface area (Å²) in [4.78, 5) is 37.7. The fourth-order valence-corrected chi connectivity index (χ4v) is 2.75. The van der Waals surface area contributed by atoms with Crippen molar-refractivity contribution < 1.29 is 19.1 Å². The lowest BCUT2D eigenvalue weighted by Crippen LogP contribution is -2.34. The van der Waals surface area contributed by atoms with Gasteiger partial charge in [-0.3, -0.25) is 14.4 Å². The van der Waals surface area contributed by atoms with Gasteiger partial charge in [0.2, 0.25) is 0 Å². The second-order valence-corrected chi connectivity index (χ2v) is 6.86. The van der Waals surface area contributed by atoms with Crippen LogP contribution in [0.25, 0.3) is 0 Å². The lowest BCUT2D eigenvalue weighted by atomic mass is 10.2. The Balaban J connectivity index is 1.65. The van der Waals surface area contributed by atoms with Crippen LogP contribution < -0.4 is 5.32 Å². The molecule has 0 aromatic heterocycles. The summed E-state index contributed by atoms with van der Waals surface area (Å²) in [6, 6.07) is 16.2. The largest absolute Gasteiger partial charge is 0.456 e. The van der Waals surface area contributed by atoms with Gasteiger partial charge in [-0.25, -0.2) is 0 Å². The monoisotopic (exact) mass is 416 g/mol. The molecule has 0 aliphatic rings. The highest BCUT2D eigenvalue weighted by Crippen LogP contribution is 2.09. The van der Waals surface area contributed by atoms with E-state index in [9.17, 15) is 14.4 Å². The number of hydrogen-bond acceptors (Lipinski definition) is 4. The van der Waals surface area contributed by atoms with Crippen molar-refractivity contribution in [1.29, 1.82) is 0 Å². The molecule has 0 aliphatic carbocycles. The summed E-state index contributed by atoms with van der Waals surface area (Å²) < 4.78 is 5.07. The van der Waals surface area contributed by atoms with Crippen LogP contribution in [0.2, 0.25) is 5.02 Å². The number of esters is 1. The molecule has 1 N–H and O–H groups in total. The Bertz CT molecular complexity index is 809. The van der Waals surface area contributed by atoms with Crippen LogP contribution >= 0.6 is 11.6 Å². The molecule has 0 bridgehead atoms. The molecular formula is C22H25ClN2O4. The zero-order chi connectivity index (χ0) is 21.1. The number of hydrogen-bond donors (Lipinski definition) is 1. The summed E-state index contributed by atoms with van der Waals surface area (Å²) in [6.07, 6.45) is 0.548. The van der Waals surface area contributed by atoms with Crippen LogP contribution in [0.4, 0.5) is 0 Å². The molecule has 0 spiro atoms. The molecule has 2 aromatic rings. The minimum Gasteiger partial charge on any atom is -0.456 e. The molecule has 2 amide bonds. The van der Waals surface area contributed by atoms with Crippen molar-refractivity contribution >= 4 is 29.4 Å². The maximum Gasteiger partial charge on any atom is 0.306 e. The predicted octanol–water partition coefficient (Wildman–Crippen LogP) is 3.44. The van der Waals surface area contributed by atoms with Gasteiger partial charge in [-0.05, 0) is 43.2 Å². The van der Waals surface area contributed by atoms with E-state index in [1.54, 1.807) is 29.2 Å². The normalized spacial score (nSPS) is 10.3. The van der Waals surface area contributed by atoms with Crippen molar-refractivity contribution in [1.82, 2.24) is 10.2 Å². The molecule has 0 heterocycles. The van der Waals surface area contributed by atoms with Crippen LogP contribution in [0.15, 0.2) is 54.6 Å². The standard InChI is InChI=1S/C22H25ClN2O4/c1-2-25(15-17-7-4-3-5-8-17)20(26)16-29-21(27)9-6-14-24-22(28)18-10-12-19(23)13-11-18/h3-5,7-8,10-13H,2,6,9,14-16H2,1H3,(H,24,28). The molecule has 2 rings (SSSR count). The Morgan fingerprint density at radius 2 is 1.72 bits per heavy atom. The first-order chi connectivity index (χ1) is 14.0. The van der Waals surface area contributed by atoms with E-state index in [0.29, 0.717) is 36.6 Å². The van der Waals surface area contributed by atoms with Gasteiger partial charge in [0.15, 0.2) is 6.61 Å². The highest BCUT2D eigenvalue weighted by molar-refractivity contribution is 6.30. The molecule has 0 saturated carbocycles. The molecule has 154 valence electrons. The van der Waals surface area contributed by atoms with E-state index >= 15 is 0 Å². The molecule has 0 aliphatic heterocycles. The molecule has 2 aromatic carbocycles. The van der Waals surface area contributed by atoms with Crippen LogP contribution in [0.1, 0.15) is 35.7 Å². The fourth-order valence-electron chi connectivity index (χ4n) is 2.62. The second-order valence-electron chi connectivity index (χ2n) is 6.42. The Kier molecular flexibility index (Phi) is 9.18. The van der Waals surface area contributed by atoms with E-state index in [-0.39, 0.29) is 24.8 Å². The number of nitrogens with zero attached hydrogens (tertiary/aromatic N) is 1. The van der Waals surface area contributed by atoms with Gasteiger partial charge in [-0.2, -0.15) is 0 Å². The molecule has 29 heavy (non-hydrogen) atoms. The van der Waals surface area contributed by atoms with E-state index in [0.717, 1.165) is 5.56 Å². The number of rotatable bonds is 10. The lowest BCUT2D eigenvalue weighted by molar-refractivity contribution is -0.152. The smallest absolute Gasteiger partial charge is 0.306 e. The zero-order valence-corrected chi connectivity index (χ0v) is 17.2. The summed E-state index contributed by atoms with van der Waals surface area (Å²) in [7, 11) is 0. The zero-order valence-electron chi connectivity index (χ0n) is 16.4. The van der Waals surface area contributed by atoms with Gasteiger partial charge >= 0.3 is 5.97 Å². The lowest BCUT2D eigenvalue weighted by Gasteiger charge is -2.20. The van der Waals surface area contributed by atoms with Gasteiger partial charge in [-0.15, -0.1) is 0 Å². The van der Waals surface area contributed by atoms with Crippen molar-refractivity contribution in [2.75, 3.05) is 19.7 Å². The first kappa shape index (κ1) is 22.4. The van der Waals surface area contributed by atoms with Crippen molar-refractivity contribution in [2.45, 2.75) is 26.3 Å². The second kappa shape index (κ2) is 11.9. The Hall–Kier alpha value is -2.86. The number of carbonyl (C=O) groups excluding carboxylic acids is 3. The summed E-state index contributed by atoms with van der Waals surface area (Å²) >= 11 is 5.79. The first-order valence-corrected chi connectivity index (χ1v) is 9.88. The molecule has 6 nitrogen and oxygen atoms in total. The van der Waals surface area contributed by atoms with Crippen LogP contribution in [0, 0.1) is 0 Å². The summed E-state index contributed by atoms with van der Waals surface area (Å²) in [5.41, 5.74) is 1.52. The van der Waals surface area contributed by atoms with Crippen molar-refractivity contribution in [2.24, 2.45) is 0 Å². The van der Waals surface area contributed by atoms with E-state index in [1.165, 1.54) is 0 Å². The molecule has 0 fully saturated rings. The highest BCUT2D eigenvalue weighted by Gasteiger charge is 2.14. The maximum absolute atomic E-state index is 12.3. The first-order valence-electron chi connectivity index (χ1n) is 9.50. The minimum absolute atomic E-state index is 0.124. The van der Waals surface area contributed by atoms with Crippen LogP contribution in [0.3, 0.4) is 0 Å². The molecular weight excluding hydrogens is 392 g/mol. The number of nitrogens with one attached hydrogen (secondary N) is 1. The fraction of sp³-hybridized carbons (Fsp3) is 0.318. The summed E-state index contributed by atoms with van der Waals surface area (Å²) in [5, 5.41) is 3.29. The SMILES string of the molecule is CCN(Cc1ccccc1)C(=O)COC(=O)CCCNC(=O)c1ccc(Cl)cc1. The molecule has 0 unspecified atom stereocenters. The van der Waals surface area contributed by atoms with E-state index in [2.05, 4.69) is 5.32 Å².